The van der Waals surface area contributed by atoms with E-state index in [4.69, 9.17) is 4.74 Å². The largest absolute Gasteiger partial charge is 0.378 e. The van der Waals surface area contributed by atoms with Crippen molar-refractivity contribution in [3.05, 3.63) is 42.4 Å². The first kappa shape index (κ1) is 20.4. The van der Waals surface area contributed by atoms with E-state index < -0.39 is 15.7 Å². The second-order valence-electron chi connectivity index (χ2n) is 7.26. The Balaban J connectivity index is 1.55. The zero-order valence-electron chi connectivity index (χ0n) is 16.5. The Labute approximate surface area is 173 Å². The van der Waals surface area contributed by atoms with Gasteiger partial charge in [0.2, 0.25) is 5.95 Å². The van der Waals surface area contributed by atoms with E-state index in [0.29, 0.717) is 18.0 Å². The molecule has 2 atom stereocenters. The molecule has 11 heteroatoms. The summed E-state index contributed by atoms with van der Waals surface area (Å²) < 4.78 is 43.0. The molecule has 0 saturated carbocycles. The standard InChI is InChI=1S/C19H21FN6O3S/c1-11-7-12(5-6-29-11)18-22-10-15(25-18)17-14(20)9-23-19(26-17)24-13-3-4-16(21-8-13)30(2,27)28/h3-4,8-12H,5-7H2,1-2H3,(H,22,25)(H,23,24,26). The molecule has 3 aromatic heterocycles. The van der Waals surface area contributed by atoms with Crippen molar-refractivity contribution in [2.45, 2.75) is 36.8 Å². The minimum absolute atomic E-state index is 0.0406. The van der Waals surface area contributed by atoms with Crippen LogP contribution in [0, 0.1) is 5.82 Å². The molecule has 9 nitrogen and oxygen atoms in total. The van der Waals surface area contributed by atoms with Crippen molar-refractivity contribution in [1.82, 2.24) is 24.9 Å². The molecule has 0 radical (unpaired) electrons. The molecule has 158 valence electrons. The number of H-pyrrole nitrogens is 1. The van der Waals surface area contributed by atoms with Crippen LogP contribution in [0.25, 0.3) is 11.4 Å². The van der Waals surface area contributed by atoms with Crippen molar-refractivity contribution in [2.24, 2.45) is 0 Å². The van der Waals surface area contributed by atoms with Crippen LogP contribution in [0.5, 0.6) is 0 Å². The number of ether oxygens (including phenoxy) is 1. The number of anilines is 2. The van der Waals surface area contributed by atoms with Crippen LogP contribution >= 0.6 is 0 Å². The van der Waals surface area contributed by atoms with Gasteiger partial charge in [0.25, 0.3) is 0 Å². The van der Waals surface area contributed by atoms with Gasteiger partial charge in [-0.3, -0.25) is 0 Å². The molecule has 1 aliphatic rings. The number of sulfone groups is 1. The van der Waals surface area contributed by atoms with Gasteiger partial charge in [-0.2, -0.15) is 0 Å². The number of rotatable bonds is 5. The van der Waals surface area contributed by atoms with Crippen LogP contribution in [0.1, 0.15) is 31.5 Å². The summed E-state index contributed by atoms with van der Waals surface area (Å²) in [5.74, 6) is 0.579. The summed E-state index contributed by atoms with van der Waals surface area (Å²) >= 11 is 0. The fourth-order valence-electron chi connectivity index (χ4n) is 3.33. The number of nitrogens with zero attached hydrogens (tertiary/aromatic N) is 4. The van der Waals surface area contributed by atoms with Gasteiger partial charge in [-0.05, 0) is 31.9 Å². The molecule has 0 amide bonds. The maximum atomic E-state index is 14.4. The van der Waals surface area contributed by atoms with Gasteiger partial charge in [-0.1, -0.05) is 0 Å². The van der Waals surface area contributed by atoms with Crippen molar-refractivity contribution in [2.75, 3.05) is 18.2 Å². The average Bonchev–Trinajstić information content (AvgIpc) is 3.19. The van der Waals surface area contributed by atoms with Gasteiger partial charge in [0, 0.05) is 18.8 Å². The molecule has 2 N–H and O–H groups in total. The molecular formula is C19H21FN6O3S. The monoisotopic (exact) mass is 432 g/mol. The molecule has 4 heterocycles. The van der Waals surface area contributed by atoms with Crippen molar-refractivity contribution in [3.8, 4) is 11.4 Å². The second-order valence-corrected chi connectivity index (χ2v) is 9.22. The summed E-state index contributed by atoms with van der Waals surface area (Å²) in [6.45, 7) is 2.69. The third kappa shape index (κ3) is 4.46. The van der Waals surface area contributed by atoms with Gasteiger partial charge in [0.15, 0.2) is 20.7 Å². The molecule has 0 bridgehead atoms. The highest BCUT2D eigenvalue weighted by molar-refractivity contribution is 7.90. The fraction of sp³-hybridized carbons (Fsp3) is 0.368. The third-order valence-electron chi connectivity index (χ3n) is 4.84. The van der Waals surface area contributed by atoms with Crippen molar-refractivity contribution < 1.29 is 17.5 Å². The zero-order valence-corrected chi connectivity index (χ0v) is 17.3. The Hall–Kier alpha value is -2.92. The van der Waals surface area contributed by atoms with Crippen molar-refractivity contribution >= 4 is 21.5 Å². The van der Waals surface area contributed by atoms with Crippen LogP contribution < -0.4 is 5.32 Å². The average molecular weight is 432 g/mol. The molecule has 30 heavy (non-hydrogen) atoms. The van der Waals surface area contributed by atoms with E-state index in [0.717, 1.165) is 31.1 Å². The number of aromatic nitrogens is 5. The van der Waals surface area contributed by atoms with Crippen LogP contribution in [0.15, 0.2) is 35.7 Å². The second kappa shape index (κ2) is 8.07. The number of nitrogens with one attached hydrogen (secondary N) is 2. The van der Waals surface area contributed by atoms with E-state index >= 15 is 0 Å². The summed E-state index contributed by atoms with van der Waals surface area (Å²) in [5, 5.41) is 2.86. The van der Waals surface area contributed by atoms with Crippen molar-refractivity contribution in [3.63, 3.8) is 0 Å². The molecule has 3 aromatic rings. The fourth-order valence-corrected chi connectivity index (χ4v) is 3.89. The summed E-state index contributed by atoms with van der Waals surface area (Å²) in [6, 6.07) is 2.91. The Bertz CT molecular complexity index is 1150. The van der Waals surface area contributed by atoms with Crippen LogP contribution in [-0.4, -0.2) is 52.3 Å². The predicted molar refractivity (Wildman–Crippen MR) is 108 cm³/mol. The molecule has 0 aliphatic carbocycles. The lowest BCUT2D eigenvalue weighted by Crippen LogP contribution is -2.22. The molecule has 0 spiro atoms. The van der Waals surface area contributed by atoms with E-state index in [2.05, 4.69) is 30.2 Å². The zero-order chi connectivity index (χ0) is 21.3. The molecule has 2 unspecified atom stereocenters. The van der Waals surface area contributed by atoms with Crippen LogP contribution in [0.2, 0.25) is 0 Å². The lowest BCUT2D eigenvalue weighted by atomic mass is 9.96. The molecule has 1 aliphatic heterocycles. The SMILES string of the molecule is CC1CC(c2ncc(-c3nc(Nc4ccc(S(C)(=O)=O)nc4)ncc3F)[nH]2)CCO1. The molecule has 4 rings (SSSR count). The number of pyridine rings is 1. The van der Waals surface area contributed by atoms with Gasteiger partial charge in [-0.25, -0.2) is 32.7 Å². The highest BCUT2D eigenvalue weighted by atomic mass is 32.2. The highest BCUT2D eigenvalue weighted by Gasteiger charge is 2.24. The minimum atomic E-state index is -3.39. The van der Waals surface area contributed by atoms with E-state index in [9.17, 15) is 12.8 Å². The maximum absolute atomic E-state index is 14.4. The van der Waals surface area contributed by atoms with E-state index in [-0.39, 0.29) is 28.7 Å². The highest BCUT2D eigenvalue weighted by Crippen LogP contribution is 2.30. The number of hydrogen-bond donors (Lipinski definition) is 2. The Morgan fingerprint density at radius 1 is 1.20 bits per heavy atom. The van der Waals surface area contributed by atoms with Crippen LogP contribution in [-0.2, 0) is 14.6 Å². The molecule has 1 fully saturated rings. The number of imidazole rings is 1. The normalized spacial score (nSPS) is 19.6. The Morgan fingerprint density at radius 2 is 2.03 bits per heavy atom. The predicted octanol–water partition coefficient (Wildman–Crippen LogP) is 2.83. The van der Waals surface area contributed by atoms with Gasteiger partial charge in [0.1, 0.15) is 11.5 Å². The van der Waals surface area contributed by atoms with E-state index in [1.807, 2.05) is 6.92 Å². The Morgan fingerprint density at radius 3 is 2.73 bits per heavy atom. The third-order valence-corrected chi connectivity index (χ3v) is 5.84. The quantitative estimate of drug-likeness (QED) is 0.631. The van der Waals surface area contributed by atoms with Crippen LogP contribution in [0.4, 0.5) is 16.0 Å². The first-order chi connectivity index (χ1) is 14.3. The van der Waals surface area contributed by atoms with Gasteiger partial charge < -0.3 is 15.0 Å². The first-order valence-electron chi connectivity index (χ1n) is 9.42. The Kier molecular flexibility index (Phi) is 5.48. The first-order valence-corrected chi connectivity index (χ1v) is 11.3. The number of aromatic amines is 1. The summed E-state index contributed by atoms with van der Waals surface area (Å²) in [6.07, 6.45) is 6.93. The molecule has 1 saturated heterocycles. The topological polar surface area (TPSA) is 123 Å². The van der Waals surface area contributed by atoms with Gasteiger partial charge in [-0.15, -0.1) is 0 Å². The number of halogens is 1. The smallest absolute Gasteiger partial charge is 0.228 e. The minimum Gasteiger partial charge on any atom is -0.378 e. The summed E-state index contributed by atoms with van der Waals surface area (Å²) in [7, 11) is -3.39. The lowest BCUT2D eigenvalue weighted by Gasteiger charge is -2.25. The number of hydrogen-bond acceptors (Lipinski definition) is 8. The summed E-state index contributed by atoms with van der Waals surface area (Å²) in [4.78, 5) is 19.7. The van der Waals surface area contributed by atoms with Gasteiger partial charge >= 0.3 is 0 Å². The van der Waals surface area contributed by atoms with E-state index in [1.165, 1.54) is 18.3 Å². The van der Waals surface area contributed by atoms with Gasteiger partial charge in [0.05, 0.1) is 36.1 Å². The van der Waals surface area contributed by atoms with E-state index in [1.54, 1.807) is 6.20 Å². The lowest BCUT2D eigenvalue weighted by molar-refractivity contribution is 0.0174. The van der Waals surface area contributed by atoms with Crippen LogP contribution in [0.3, 0.4) is 0 Å². The maximum Gasteiger partial charge on any atom is 0.228 e. The molecular weight excluding hydrogens is 411 g/mol. The van der Waals surface area contributed by atoms with Crippen molar-refractivity contribution in [1.29, 1.82) is 0 Å². The summed E-state index contributed by atoms with van der Waals surface area (Å²) in [5.41, 5.74) is 1.02. The molecule has 0 aromatic carbocycles.